The first-order valence-corrected chi connectivity index (χ1v) is 9.64. The van der Waals surface area contributed by atoms with Gasteiger partial charge < -0.3 is 5.32 Å². The molecule has 1 aliphatic carbocycles. The van der Waals surface area contributed by atoms with E-state index in [2.05, 4.69) is 15.5 Å². The van der Waals surface area contributed by atoms with Crippen molar-refractivity contribution in [3.8, 4) is 11.3 Å². The number of hydrogen-bond acceptors (Lipinski definition) is 5. The van der Waals surface area contributed by atoms with Crippen LogP contribution in [-0.4, -0.2) is 50.8 Å². The van der Waals surface area contributed by atoms with Crippen molar-refractivity contribution in [2.75, 3.05) is 6.54 Å². The van der Waals surface area contributed by atoms with Crippen molar-refractivity contribution in [2.45, 2.75) is 44.1 Å². The molecule has 1 saturated carbocycles. The molecular weight excluding hydrogens is 394 g/mol. The topological polar surface area (TPSA) is 92.3 Å². The molecule has 0 radical (unpaired) electrons. The van der Waals surface area contributed by atoms with Gasteiger partial charge in [-0.25, -0.2) is 13.6 Å². The van der Waals surface area contributed by atoms with E-state index in [4.69, 9.17) is 0 Å². The molecule has 0 bridgehead atoms. The molecule has 1 aliphatic heterocycles. The van der Waals surface area contributed by atoms with Gasteiger partial charge >= 0.3 is 6.03 Å². The number of urea groups is 1. The number of rotatable bonds is 4. The maximum absolute atomic E-state index is 13.5. The average molecular weight is 414 g/mol. The number of halogens is 2. The Hall–Kier alpha value is -3.23. The van der Waals surface area contributed by atoms with Crippen LogP contribution in [0.15, 0.2) is 36.5 Å². The van der Waals surface area contributed by atoms with Gasteiger partial charge in [0.2, 0.25) is 5.92 Å². The van der Waals surface area contributed by atoms with Crippen LogP contribution in [0.2, 0.25) is 0 Å². The molecule has 156 valence electrons. The highest BCUT2D eigenvalue weighted by Gasteiger charge is 2.55. The maximum atomic E-state index is 13.5. The second kappa shape index (κ2) is 7.23. The number of carbonyl (C=O) groups is 3. The third kappa shape index (κ3) is 3.67. The van der Waals surface area contributed by atoms with Crippen LogP contribution in [0.3, 0.4) is 0 Å². The summed E-state index contributed by atoms with van der Waals surface area (Å²) in [4.78, 5) is 38.5. The predicted molar refractivity (Wildman–Crippen MR) is 103 cm³/mol. The molecule has 1 saturated heterocycles. The molecule has 7 nitrogen and oxygen atoms in total. The fraction of sp³-hybridized carbons (Fsp3) is 0.381. The van der Waals surface area contributed by atoms with Crippen LogP contribution in [0.5, 0.6) is 0 Å². The number of nitrogens with zero attached hydrogens (tertiary/aromatic N) is 3. The van der Waals surface area contributed by atoms with Gasteiger partial charge in [-0.3, -0.25) is 14.5 Å². The first-order valence-electron chi connectivity index (χ1n) is 9.64. The van der Waals surface area contributed by atoms with Crippen molar-refractivity contribution >= 4 is 17.7 Å². The standard InChI is InChI=1S/C21H20F2N4O3/c1-13-10-16(26-24-11-13)14-2-4-15(5-3-14)17(28)12-27-18(29)20(25-19(27)30)6-8-21(22,23)9-7-20/h2-5,10-11H,6-9,12H2,1H3,(H,25,30). The summed E-state index contributed by atoms with van der Waals surface area (Å²) in [7, 11) is 0. The molecule has 1 N–H and O–H groups in total. The summed E-state index contributed by atoms with van der Waals surface area (Å²) in [5.74, 6) is -3.86. The van der Waals surface area contributed by atoms with Crippen molar-refractivity contribution in [3.63, 3.8) is 0 Å². The Morgan fingerprint density at radius 1 is 1.13 bits per heavy atom. The third-order valence-electron chi connectivity index (χ3n) is 5.68. The number of aromatic nitrogens is 2. The quantitative estimate of drug-likeness (QED) is 0.613. The molecule has 1 spiro atoms. The molecule has 2 fully saturated rings. The lowest BCUT2D eigenvalue weighted by atomic mass is 9.80. The summed E-state index contributed by atoms with van der Waals surface area (Å²) < 4.78 is 26.9. The van der Waals surface area contributed by atoms with Gasteiger partial charge in [0.15, 0.2) is 5.78 Å². The van der Waals surface area contributed by atoms with Gasteiger partial charge in [-0.05, 0) is 31.4 Å². The van der Waals surface area contributed by atoms with Crippen LogP contribution in [0.25, 0.3) is 11.3 Å². The number of ketones is 1. The van der Waals surface area contributed by atoms with E-state index >= 15 is 0 Å². The van der Waals surface area contributed by atoms with Gasteiger partial charge in [0.1, 0.15) is 5.54 Å². The van der Waals surface area contributed by atoms with Crippen molar-refractivity contribution in [2.24, 2.45) is 0 Å². The lowest BCUT2D eigenvalue weighted by Crippen LogP contribution is -2.51. The molecule has 2 aromatic rings. The predicted octanol–water partition coefficient (Wildman–Crippen LogP) is 3.13. The summed E-state index contributed by atoms with van der Waals surface area (Å²) in [5.41, 5.74) is 1.40. The van der Waals surface area contributed by atoms with Gasteiger partial charge in [0.25, 0.3) is 5.91 Å². The molecule has 2 heterocycles. The van der Waals surface area contributed by atoms with E-state index in [1.807, 2.05) is 13.0 Å². The van der Waals surface area contributed by atoms with Crippen molar-refractivity contribution in [3.05, 3.63) is 47.7 Å². The fourth-order valence-corrected chi connectivity index (χ4v) is 3.87. The van der Waals surface area contributed by atoms with E-state index in [1.54, 1.807) is 30.5 Å². The van der Waals surface area contributed by atoms with E-state index in [1.165, 1.54) is 0 Å². The number of hydrogen-bond donors (Lipinski definition) is 1. The lowest BCUT2D eigenvalue weighted by molar-refractivity contribution is -0.135. The minimum Gasteiger partial charge on any atom is -0.323 e. The Bertz CT molecular complexity index is 1010. The fourth-order valence-electron chi connectivity index (χ4n) is 3.87. The van der Waals surface area contributed by atoms with Gasteiger partial charge in [-0.2, -0.15) is 10.2 Å². The number of alkyl halides is 2. The Labute approximate surface area is 171 Å². The number of benzene rings is 1. The monoisotopic (exact) mass is 414 g/mol. The van der Waals surface area contributed by atoms with Crippen LogP contribution in [0.1, 0.15) is 41.6 Å². The molecule has 1 aromatic carbocycles. The zero-order valence-corrected chi connectivity index (χ0v) is 16.3. The summed E-state index contributed by atoms with van der Waals surface area (Å²) >= 11 is 0. The van der Waals surface area contributed by atoms with Gasteiger partial charge in [-0.1, -0.05) is 24.3 Å². The van der Waals surface area contributed by atoms with Crippen molar-refractivity contribution in [1.82, 2.24) is 20.4 Å². The van der Waals surface area contributed by atoms with Crippen LogP contribution in [0.4, 0.5) is 13.6 Å². The van der Waals surface area contributed by atoms with Crippen molar-refractivity contribution < 1.29 is 23.2 Å². The first kappa shape index (κ1) is 20.1. The molecule has 0 atom stereocenters. The number of nitrogens with one attached hydrogen (secondary N) is 1. The summed E-state index contributed by atoms with van der Waals surface area (Å²) in [5, 5.41) is 10.5. The second-order valence-corrected chi connectivity index (χ2v) is 7.88. The maximum Gasteiger partial charge on any atom is 0.325 e. The van der Waals surface area contributed by atoms with Crippen LogP contribution in [0, 0.1) is 6.92 Å². The zero-order chi connectivity index (χ0) is 21.5. The minimum absolute atomic E-state index is 0.137. The van der Waals surface area contributed by atoms with Crippen molar-refractivity contribution in [1.29, 1.82) is 0 Å². The highest BCUT2D eigenvalue weighted by Crippen LogP contribution is 2.41. The third-order valence-corrected chi connectivity index (χ3v) is 5.68. The van der Waals surface area contributed by atoms with Gasteiger partial charge in [-0.15, -0.1) is 0 Å². The highest BCUT2D eigenvalue weighted by molar-refractivity contribution is 6.11. The van der Waals surface area contributed by atoms with E-state index in [0.29, 0.717) is 11.3 Å². The number of carbonyl (C=O) groups excluding carboxylic acids is 3. The SMILES string of the molecule is Cc1cnnc(-c2ccc(C(=O)CN3C(=O)NC4(CCC(F)(F)CC4)C3=O)cc2)c1. The molecule has 4 rings (SSSR count). The first-order chi connectivity index (χ1) is 14.2. The molecule has 1 aromatic heterocycles. The van der Waals surface area contributed by atoms with E-state index < -0.39 is 48.6 Å². The van der Waals surface area contributed by atoms with E-state index in [9.17, 15) is 23.2 Å². The second-order valence-electron chi connectivity index (χ2n) is 7.88. The normalized spacial score (nSPS) is 19.8. The van der Waals surface area contributed by atoms with Gasteiger partial charge in [0.05, 0.1) is 18.4 Å². The van der Waals surface area contributed by atoms with Gasteiger partial charge in [0, 0.05) is 24.0 Å². The highest BCUT2D eigenvalue weighted by atomic mass is 19.3. The molecule has 0 unspecified atom stereocenters. The Morgan fingerprint density at radius 3 is 2.43 bits per heavy atom. The number of aryl methyl sites for hydroxylation is 1. The smallest absolute Gasteiger partial charge is 0.323 e. The summed E-state index contributed by atoms with van der Waals surface area (Å²) in [6.07, 6.45) is 0.428. The molecule has 9 heteroatoms. The molecule has 3 amide bonds. The molecule has 2 aliphatic rings. The van der Waals surface area contributed by atoms with Crippen LogP contribution >= 0.6 is 0 Å². The minimum atomic E-state index is -2.83. The number of Topliss-reactive ketones (excluding diaryl/α,β-unsaturated/α-hetero) is 1. The largest absolute Gasteiger partial charge is 0.325 e. The van der Waals surface area contributed by atoms with Crippen LogP contribution < -0.4 is 5.32 Å². The molecule has 30 heavy (non-hydrogen) atoms. The Balaban J connectivity index is 1.46. The number of amides is 3. The van der Waals surface area contributed by atoms with Crippen LogP contribution in [-0.2, 0) is 4.79 Å². The zero-order valence-electron chi connectivity index (χ0n) is 16.3. The molecular formula is C21H20F2N4O3. The summed E-state index contributed by atoms with van der Waals surface area (Å²) in [6, 6.07) is 7.77. The van der Waals surface area contributed by atoms with E-state index in [0.717, 1.165) is 16.0 Å². The average Bonchev–Trinajstić information content (AvgIpc) is 2.95. The lowest BCUT2D eigenvalue weighted by Gasteiger charge is -2.34. The number of imide groups is 1. The Morgan fingerprint density at radius 2 is 1.80 bits per heavy atom. The Kier molecular flexibility index (Phi) is 4.83. The van der Waals surface area contributed by atoms with E-state index in [-0.39, 0.29) is 12.8 Å². The summed E-state index contributed by atoms with van der Waals surface area (Å²) in [6.45, 7) is 1.46.